The van der Waals surface area contributed by atoms with Crippen LogP contribution in [0.5, 0.6) is 5.75 Å². The van der Waals surface area contributed by atoms with E-state index in [1.54, 1.807) is 36.4 Å². The third kappa shape index (κ3) is 3.48. The Bertz CT molecular complexity index is 631. The molecule has 0 spiro atoms. The predicted octanol–water partition coefficient (Wildman–Crippen LogP) is 3.67. The first-order valence-electron chi connectivity index (χ1n) is 5.97. The summed E-state index contributed by atoms with van der Waals surface area (Å²) in [4.78, 5) is 11.9. The van der Waals surface area contributed by atoms with Gasteiger partial charge in [0, 0.05) is 6.07 Å². The van der Waals surface area contributed by atoms with E-state index in [0.717, 1.165) is 0 Å². The number of ether oxygens (including phenoxy) is 1. The summed E-state index contributed by atoms with van der Waals surface area (Å²) in [6.45, 7) is 0. The van der Waals surface area contributed by atoms with Crippen LogP contribution < -0.4 is 10.1 Å². The Kier molecular flexibility index (Phi) is 4.58. The summed E-state index contributed by atoms with van der Waals surface area (Å²) in [6, 6.07) is 11.1. The third-order valence-electron chi connectivity index (χ3n) is 2.76. The van der Waals surface area contributed by atoms with Crippen LogP contribution >= 0.6 is 11.6 Å². The molecule has 0 heterocycles. The van der Waals surface area contributed by atoms with Crippen LogP contribution in [-0.2, 0) is 11.2 Å². The van der Waals surface area contributed by atoms with E-state index in [9.17, 15) is 9.18 Å². The first kappa shape index (κ1) is 14.3. The summed E-state index contributed by atoms with van der Waals surface area (Å²) in [5, 5.41) is 3.01. The van der Waals surface area contributed by atoms with E-state index in [4.69, 9.17) is 16.3 Å². The van der Waals surface area contributed by atoms with Crippen LogP contribution in [0.3, 0.4) is 0 Å². The van der Waals surface area contributed by atoms with E-state index in [2.05, 4.69) is 5.32 Å². The van der Waals surface area contributed by atoms with Gasteiger partial charge in [0.1, 0.15) is 11.6 Å². The molecule has 2 aromatic carbocycles. The number of hydrogen-bond acceptors (Lipinski definition) is 2. The zero-order valence-corrected chi connectivity index (χ0v) is 11.6. The van der Waals surface area contributed by atoms with Crippen molar-refractivity contribution >= 4 is 23.2 Å². The van der Waals surface area contributed by atoms with Crippen molar-refractivity contribution in [1.82, 2.24) is 0 Å². The molecule has 0 bridgehead atoms. The predicted molar refractivity (Wildman–Crippen MR) is 76.7 cm³/mol. The molecule has 1 amide bonds. The van der Waals surface area contributed by atoms with E-state index in [1.807, 2.05) is 0 Å². The molecule has 0 aromatic heterocycles. The van der Waals surface area contributed by atoms with Crippen LogP contribution in [-0.4, -0.2) is 13.0 Å². The number of nitrogens with one attached hydrogen (secondary N) is 1. The van der Waals surface area contributed by atoms with Crippen molar-refractivity contribution in [3.05, 3.63) is 58.9 Å². The number of anilines is 1. The smallest absolute Gasteiger partial charge is 0.228 e. The van der Waals surface area contributed by atoms with Crippen LogP contribution in [0.1, 0.15) is 5.56 Å². The summed E-state index contributed by atoms with van der Waals surface area (Å²) in [6.07, 6.45) is -0.0466. The van der Waals surface area contributed by atoms with Gasteiger partial charge in [0.05, 0.1) is 24.2 Å². The minimum absolute atomic E-state index is 0.0466. The van der Waals surface area contributed by atoms with E-state index in [1.165, 1.54) is 13.2 Å². The molecule has 104 valence electrons. The minimum Gasteiger partial charge on any atom is -0.497 e. The Hall–Kier alpha value is -2.07. The summed E-state index contributed by atoms with van der Waals surface area (Å²) in [5.41, 5.74) is 0.809. The van der Waals surface area contributed by atoms with Crippen molar-refractivity contribution < 1.29 is 13.9 Å². The Labute approximate surface area is 121 Å². The van der Waals surface area contributed by atoms with Crippen molar-refractivity contribution in [2.45, 2.75) is 6.42 Å². The third-order valence-corrected chi connectivity index (χ3v) is 3.07. The monoisotopic (exact) mass is 293 g/mol. The number of methoxy groups -OCH3 is 1. The fraction of sp³-hybridized carbons (Fsp3) is 0.133. The quantitative estimate of drug-likeness (QED) is 0.934. The molecular weight excluding hydrogens is 281 g/mol. The summed E-state index contributed by atoms with van der Waals surface area (Å²) < 4.78 is 18.5. The number of benzene rings is 2. The molecule has 0 aliphatic carbocycles. The molecule has 0 atom stereocenters. The molecular formula is C15H13ClFNO2. The summed E-state index contributed by atoms with van der Waals surface area (Å²) in [5.74, 6) is -0.132. The zero-order valence-electron chi connectivity index (χ0n) is 10.8. The largest absolute Gasteiger partial charge is 0.497 e. The molecule has 0 aliphatic rings. The molecule has 2 rings (SSSR count). The van der Waals surface area contributed by atoms with Gasteiger partial charge in [0.15, 0.2) is 0 Å². The van der Waals surface area contributed by atoms with Gasteiger partial charge in [0.2, 0.25) is 5.91 Å². The SMILES string of the molecule is COc1ccc(NC(=O)Cc2ccccc2F)c(Cl)c1. The van der Waals surface area contributed by atoms with Crippen LogP contribution in [0.2, 0.25) is 5.02 Å². The van der Waals surface area contributed by atoms with E-state index >= 15 is 0 Å². The Morgan fingerprint density at radius 3 is 2.70 bits per heavy atom. The number of rotatable bonds is 4. The van der Waals surface area contributed by atoms with Crippen LogP contribution in [0, 0.1) is 5.82 Å². The second-order valence-corrected chi connectivity index (χ2v) is 4.57. The van der Waals surface area contributed by atoms with Gasteiger partial charge in [-0.15, -0.1) is 0 Å². The molecule has 2 aromatic rings. The molecule has 0 aliphatic heterocycles. The Morgan fingerprint density at radius 1 is 1.30 bits per heavy atom. The topological polar surface area (TPSA) is 38.3 Å². The summed E-state index contributed by atoms with van der Waals surface area (Å²) in [7, 11) is 1.53. The van der Waals surface area contributed by atoms with Gasteiger partial charge in [-0.2, -0.15) is 0 Å². The van der Waals surface area contributed by atoms with Gasteiger partial charge >= 0.3 is 0 Å². The van der Waals surface area contributed by atoms with E-state index in [0.29, 0.717) is 22.0 Å². The first-order valence-corrected chi connectivity index (χ1v) is 6.34. The number of hydrogen-bond donors (Lipinski definition) is 1. The second-order valence-electron chi connectivity index (χ2n) is 4.16. The standard InChI is InChI=1S/C15H13ClFNO2/c1-20-11-6-7-14(12(16)9-11)18-15(19)8-10-4-2-3-5-13(10)17/h2-7,9H,8H2,1H3,(H,18,19). The summed E-state index contributed by atoms with van der Waals surface area (Å²) >= 11 is 6.02. The average Bonchev–Trinajstić information content (AvgIpc) is 2.43. The normalized spacial score (nSPS) is 10.2. The molecule has 3 nitrogen and oxygen atoms in total. The van der Waals surface area contributed by atoms with Crippen molar-refractivity contribution in [1.29, 1.82) is 0 Å². The van der Waals surface area contributed by atoms with Gasteiger partial charge < -0.3 is 10.1 Å². The van der Waals surface area contributed by atoms with E-state index < -0.39 is 5.82 Å². The van der Waals surface area contributed by atoms with Gasteiger partial charge in [-0.3, -0.25) is 4.79 Å². The number of carbonyl (C=O) groups excluding carboxylic acids is 1. The minimum atomic E-state index is -0.400. The number of carbonyl (C=O) groups is 1. The highest BCUT2D eigenvalue weighted by atomic mass is 35.5. The molecule has 0 unspecified atom stereocenters. The van der Waals surface area contributed by atoms with Gasteiger partial charge in [-0.1, -0.05) is 29.8 Å². The van der Waals surface area contributed by atoms with Crippen LogP contribution in [0.25, 0.3) is 0 Å². The average molecular weight is 294 g/mol. The number of amides is 1. The lowest BCUT2D eigenvalue weighted by molar-refractivity contribution is -0.115. The maximum atomic E-state index is 13.4. The number of halogens is 2. The van der Waals surface area contributed by atoms with Gasteiger partial charge in [0.25, 0.3) is 0 Å². The Balaban J connectivity index is 2.07. The fourth-order valence-electron chi connectivity index (χ4n) is 1.73. The van der Waals surface area contributed by atoms with Crippen molar-refractivity contribution in [2.24, 2.45) is 0 Å². The first-order chi connectivity index (χ1) is 9.60. The van der Waals surface area contributed by atoms with Crippen LogP contribution in [0.4, 0.5) is 10.1 Å². The van der Waals surface area contributed by atoms with Gasteiger partial charge in [-0.25, -0.2) is 4.39 Å². The lowest BCUT2D eigenvalue weighted by Crippen LogP contribution is -2.15. The van der Waals surface area contributed by atoms with E-state index in [-0.39, 0.29) is 12.3 Å². The van der Waals surface area contributed by atoms with Crippen molar-refractivity contribution in [3.63, 3.8) is 0 Å². The highest BCUT2D eigenvalue weighted by Crippen LogP contribution is 2.26. The molecule has 20 heavy (non-hydrogen) atoms. The lowest BCUT2D eigenvalue weighted by atomic mass is 10.1. The van der Waals surface area contributed by atoms with Crippen molar-refractivity contribution in [2.75, 3.05) is 12.4 Å². The zero-order chi connectivity index (χ0) is 14.5. The second kappa shape index (κ2) is 6.39. The van der Waals surface area contributed by atoms with Crippen molar-refractivity contribution in [3.8, 4) is 5.75 Å². The molecule has 0 fully saturated rings. The maximum absolute atomic E-state index is 13.4. The fourth-order valence-corrected chi connectivity index (χ4v) is 1.95. The molecule has 0 saturated carbocycles. The molecule has 5 heteroatoms. The maximum Gasteiger partial charge on any atom is 0.228 e. The highest BCUT2D eigenvalue weighted by molar-refractivity contribution is 6.33. The highest BCUT2D eigenvalue weighted by Gasteiger charge is 2.10. The molecule has 0 saturated heterocycles. The Morgan fingerprint density at radius 2 is 2.05 bits per heavy atom. The van der Waals surface area contributed by atoms with Gasteiger partial charge in [-0.05, 0) is 23.8 Å². The lowest BCUT2D eigenvalue weighted by Gasteiger charge is -2.09. The molecule has 1 N–H and O–H groups in total. The van der Waals surface area contributed by atoms with Crippen LogP contribution in [0.15, 0.2) is 42.5 Å². The molecule has 0 radical (unpaired) electrons.